The minimum Gasteiger partial charge on any atom is -0.508 e. The molecule has 4 aliphatic heterocycles. The first-order chi connectivity index (χ1) is 42.2. The molecule has 6 spiro atoms. The van der Waals surface area contributed by atoms with E-state index in [0.29, 0.717) is 47.7 Å². The molecule has 460 valence electrons. The number of aliphatic hydroxyl groups is 5. The average molecular weight is 1220 g/mol. The van der Waals surface area contributed by atoms with Gasteiger partial charge in [0.25, 0.3) is 0 Å². The van der Waals surface area contributed by atoms with Crippen molar-refractivity contribution < 1.29 is 54.4 Å². The summed E-state index contributed by atoms with van der Waals surface area (Å²) in [7, 11) is 5.84. The van der Waals surface area contributed by atoms with E-state index >= 15 is 4.79 Å². The van der Waals surface area contributed by atoms with Gasteiger partial charge in [-0.3, -0.25) is 0 Å². The minimum absolute atomic E-state index is 0.0101. The van der Waals surface area contributed by atoms with Crippen molar-refractivity contribution >= 4 is 66.3 Å². The molecule has 10 saturated carbocycles. The molecule has 5 aromatic rings. The van der Waals surface area contributed by atoms with Crippen LogP contribution in [0.1, 0.15) is 145 Å². The van der Waals surface area contributed by atoms with Crippen LogP contribution in [-0.2, 0) is 31.1 Å². The van der Waals surface area contributed by atoms with Gasteiger partial charge in [-0.05, 0) is 243 Å². The maximum Gasteiger partial charge on any atom is 0.343 e. The molecule has 15 aliphatic rings. The number of nitrogens with one attached hydrogen (secondary N) is 2. The van der Waals surface area contributed by atoms with Crippen molar-refractivity contribution in [1.82, 2.24) is 10.3 Å². The van der Waals surface area contributed by atoms with Gasteiger partial charge in [-0.15, -0.1) is 0 Å². The van der Waals surface area contributed by atoms with Crippen molar-refractivity contribution in [2.75, 3.05) is 18.6 Å². The quantitative estimate of drug-likeness (QED) is 0.0356. The molecule has 0 amide bonds. The van der Waals surface area contributed by atoms with Crippen molar-refractivity contribution in [1.29, 1.82) is 0 Å². The number of hydrogen-bond acceptors (Lipinski definition) is 14. The van der Waals surface area contributed by atoms with Gasteiger partial charge < -0.3 is 59.9 Å². The zero-order valence-electron chi connectivity index (χ0n) is 49.8. The van der Waals surface area contributed by atoms with Gasteiger partial charge in [0.15, 0.2) is 17.5 Å². The lowest BCUT2D eigenvalue weighted by molar-refractivity contribution is -0.410. The molecule has 20 rings (SSSR count). The number of rotatable bonds is 5. The molecule has 8 N–H and O–H groups in total. The summed E-state index contributed by atoms with van der Waals surface area (Å²) in [6, 6.07) is 22.3. The van der Waals surface area contributed by atoms with Crippen LogP contribution in [-0.4, -0.2) is 114 Å². The van der Waals surface area contributed by atoms with Crippen LogP contribution in [0.3, 0.4) is 0 Å². The van der Waals surface area contributed by atoms with Crippen LogP contribution in [0, 0.1) is 86.3 Å². The smallest absolute Gasteiger partial charge is 0.343 e. The molecular weight excluding hydrogens is 1130 g/mol. The first kappa shape index (κ1) is 54.9. The molecule has 1 aromatic heterocycles. The summed E-state index contributed by atoms with van der Waals surface area (Å²) < 4.78 is 22.2. The zero-order valence-corrected chi connectivity index (χ0v) is 51.5. The zero-order chi connectivity index (χ0) is 58.7. The Morgan fingerprint density at radius 1 is 0.816 bits per heavy atom. The number of carbonyl (C=O) groups excluding carboxylic acids is 2. The van der Waals surface area contributed by atoms with Gasteiger partial charge in [0.1, 0.15) is 24.2 Å². The molecule has 3 saturated heterocycles. The van der Waals surface area contributed by atoms with Gasteiger partial charge in [0, 0.05) is 51.5 Å². The van der Waals surface area contributed by atoms with Gasteiger partial charge >= 0.3 is 5.97 Å². The largest absolute Gasteiger partial charge is 0.508 e. The highest BCUT2D eigenvalue weighted by molar-refractivity contribution is 8.76. The van der Waals surface area contributed by atoms with Crippen molar-refractivity contribution in [3.8, 4) is 11.5 Å². The van der Waals surface area contributed by atoms with E-state index in [-0.39, 0.29) is 64.4 Å². The fourth-order valence-corrected chi connectivity index (χ4v) is 30.3. The highest BCUT2D eigenvalue weighted by Gasteiger charge is 2.91. The summed E-state index contributed by atoms with van der Waals surface area (Å²) in [5, 5.41) is 89.9. The van der Waals surface area contributed by atoms with Crippen LogP contribution in [0.5, 0.6) is 11.5 Å². The number of carbonyl (C=O) groups is 2. The van der Waals surface area contributed by atoms with Crippen molar-refractivity contribution in [2.24, 2.45) is 86.3 Å². The number of fused-ring (bicyclic) bond motifs is 11. The monoisotopic (exact) mass is 1220 g/mol. The van der Waals surface area contributed by atoms with Crippen LogP contribution < -0.4 is 10.1 Å². The third-order valence-corrected chi connectivity index (χ3v) is 32.4. The molecule has 15 heteroatoms. The van der Waals surface area contributed by atoms with Crippen LogP contribution in [0.2, 0.25) is 0 Å². The lowest BCUT2D eigenvalue weighted by Gasteiger charge is -2.72. The average Bonchev–Trinajstić information content (AvgIpc) is 1.53. The Hall–Kier alpha value is -3.74. The van der Waals surface area contributed by atoms with E-state index in [1.807, 2.05) is 59.0 Å². The van der Waals surface area contributed by atoms with Crippen LogP contribution in [0.4, 0.5) is 0 Å². The number of phenolic OH excluding ortho intramolecular Hbond substituents is 1. The van der Waals surface area contributed by atoms with Gasteiger partial charge in [-0.25, -0.2) is 4.79 Å². The number of ether oxygens (including phenoxy) is 3. The van der Waals surface area contributed by atoms with E-state index in [4.69, 9.17) is 14.2 Å². The molecule has 24 unspecified atom stereocenters. The second-order valence-corrected chi connectivity index (χ2v) is 34.1. The number of benzene rings is 4. The molecule has 0 radical (unpaired) electrons. The fourth-order valence-electron chi connectivity index (χ4n) is 27.6. The third kappa shape index (κ3) is 6.25. The molecule has 11 aliphatic carbocycles. The predicted molar refractivity (Wildman–Crippen MR) is 331 cm³/mol. The summed E-state index contributed by atoms with van der Waals surface area (Å²) >= 11 is 0. The van der Waals surface area contributed by atoms with Crippen molar-refractivity contribution in [2.45, 2.75) is 188 Å². The van der Waals surface area contributed by atoms with E-state index in [0.717, 1.165) is 136 Å². The lowest BCUT2D eigenvalue weighted by Crippen LogP contribution is -2.82. The van der Waals surface area contributed by atoms with Crippen LogP contribution >= 0.6 is 21.6 Å². The maximum atomic E-state index is 16.3. The van der Waals surface area contributed by atoms with Gasteiger partial charge in [0.05, 0.1) is 35.4 Å². The minimum atomic E-state index is -2.70. The van der Waals surface area contributed by atoms with Gasteiger partial charge in [-0.2, -0.15) is 0 Å². The number of aromatic hydroxyl groups is 1. The van der Waals surface area contributed by atoms with E-state index < -0.39 is 93.4 Å². The van der Waals surface area contributed by atoms with Crippen LogP contribution in [0.15, 0.2) is 66.7 Å². The highest BCUT2D eigenvalue weighted by Crippen LogP contribution is 2.88. The normalized spacial score (nSPS) is 48.9. The summed E-state index contributed by atoms with van der Waals surface area (Å²) in [4.78, 5) is 32.7. The van der Waals surface area contributed by atoms with Crippen molar-refractivity contribution in [3.05, 3.63) is 83.6 Å². The Morgan fingerprint density at radius 3 is 2.46 bits per heavy atom. The second-order valence-electron chi connectivity index (χ2n) is 31.5. The molecule has 87 heavy (non-hydrogen) atoms. The number of aldehydes is 1. The molecule has 13 fully saturated rings. The second kappa shape index (κ2) is 18.3. The Balaban J connectivity index is 0.846. The number of esters is 1. The van der Waals surface area contributed by atoms with Crippen molar-refractivity contribution in [3.63, 3.8) is 0 Å². The number of H-pyrrole nitrogens is 1. The molecule has 5 heterocycles. The van der Waals surface area contributed by atoms with E-state index in [9.17, 15) is 35.4 Å². The standard InChI is InChI=1S/C72H84N2O11S2/c1-73-55-34-87-86-33-49-44-12-8-39-25-41-17-21-68(70(41,57(39)44)51-14-11-43(77)27-46(49)51)60(78)48(55)28-47-52-30-69(66(18-4-5-19-66)29-42-10-13-50-40(31-75)16-20-65(50)22-23-67(42,69)35-65)64(80)72(82)71(52,81)62(84-61(47)68)59(85-72)63(79)83-58-54(32-76)74-53-15-9-38-24-36-6-2-3-7-37(36)26-45(38)56(53)58/h2-3,6-7,9,11,14-15,24,26-27,31,39-42,44,47-50,52,55,57,59-62,64,73-74,76-78,80-82H,4-5,8,10,12-13,16-23,25,28-30,32-35H2,1H3. The van der Waals surface area contributed by atoms with E-state index in [2.05, 4.69) is 46.7 Å². The summed E-state index contributed by atoms with van der Waals surface area (Å²) in [5.41, 5.74) is -2.33. The molecular formula is C72H84N2O11S2. The van der Waals surface area contributed by atoms with E-state index in [1.165, 1.54) is 17.4 Å². The van der Waals surface area contributed by atoms with E-state index in [1.54, 1.807) is 0 Å². The predicted octanol–water partition coefficient (Wildman–Crippen LogP) is 10.7. The number of phenols is 1. The summed E-state index contributed by atoms with van der Waals surface area (Å²) in [5.74, 6) is -1.07. The Bertz CT molecular complexity index is 3760. The highest BCUT2D eigenvalue weighted by atomic mass is 33.1. The summed E-state index contributed by atoms with van der Waals surface area (Å²) in [6.45, 7) is -0.473. The molecule has 13 nitrogen and oxygen atoms in total. The fraction of sp³-hybridized carbons (Fsp3) is 0.667. The first-order valence-electron chi connectivity index (χ1n) is 33.8. The number of aliphatic hydroxyl groups excluding tert-OH is 3. The number of hydrogen-bond donors (Lipinski definition) is 8. The molecule has 24 atom stereocenters. The third-order valence-electron chi connectivity index (χ3n) is 30.0. The Morgan fingerprint density at radius 2 is 1.64 bits per heavy atom. The maximum absolute atomic E-state index is 16.3. The van der Waals surface area contributed by atoms with Gasteiger partial charge in [0.2, 0.25) is 5.79 Å². The van der Waals surface area contributed by atoms with Gasteiger partial charge in [-0.1, -0.05) is 70.8 Å². The number of aromatic nitrogens is 1. The molecule has 6 bridgehead atoms. The Kier molecular flexibility index (Phi) is 11.6. The first-order valence-corrected chi connectivity index (χ1v) is 36.3. The SMILES string of the molecule is CNC1CSSCC2c3cc(O)ccc3C34C(CCC35C(O)C1CC1C3CC6(C(O)C7(O)OC(C(=O)Oc8c(CO)[nH]c9ccc%10cc%11ccccc%11cc%10c89)C(OC15)C37O)C1(CCCC1)CC1CCC3C(C=O)CCC35CCC16C5)CC1CCC2C14. The summed E-state index contributed by atoms with van der Waals surface area (Å²) in [6.07, 6.45) is 11.7. The lowest BCUT2D eigenvalue weighted by atomic mass is 9.37. The number of aromatic amines is 1. The molecule has 4 aromatic carbocycles. The Labute approximate surface area is 516 Å². The van der Waals surface area contributed by atoms with Crippen LogP contribution in [0.25, 0.3) is 32.4 Å². The topological polar surface area (TPSA) is 211 Å².